The maximum atomic E-state index is 13.1. The van der Waals surface area contributed by atoms with Crippen molar-refractivity contribution < 1.29 is 14.3 Å². The van der Waals surface area contributed by atoms with Gasteiger partial charge in [-0.2, -0.15) is 0 Å². The maximum absolute atomic E-state index is 13.1. The summed E-state index contributed by atoms with van der Waals surface area (Å²) in [7, 11) is 0. The number of hydrogen-bond donors (Lipinski definition) is 1. The molecule has 0 radical (unpaired) electrons. The summed E-state index contributed by atoms with van der Waals surface area (Å²) < 4.78 is 10.8. The van der Waals surface area contributed by atoms with Gasteiger partial charge in [0.1, 0.15) is 0 Å². The molecule has 2 heterocycles. The number of benzene rings is 2. The zero-order valence-corrected chi connectivity index (χ0v) is 15.6. The molecule has 1 N–H and O–H groups in total. The first-order valence-corrected chi connectivity index (χ1v) is 8.80. The Bertz CT molecular complexity index is 810. The van der Waals surface area contributed by atoms with E-state index in [-0.39, 0.29) is 25.1 Å². The van der Waals surface area contributed by atoms with E-state index in [0.717, 1.165) is 53.3 Å². The molecule has 0 aromatic heterocycles. The van der Waals surface area contributed by atoms with Crippen LogP contribution in [0.25, 0.3) is 0 Å². The summed E-state index contributed by atoms with van der Waals surface area (Å²) in [6, 6.07) is 11.8. The molecule has 2 aromatic rings. The lowest BCUT2D eigenvalue weighted by Gasteiger charge is -2.25. The number of nitrogens with one attached hydrogen (secondary N) is 1. The van der Waals surface area contributed by atoms with Crippen LogP contribution >= 0.6 is 12.4 Å². The van der Waals surface area contributed by atoms with Crippen LogP contribution < -0.4 is 14.8 Å². The second-order valence-corrected chi connectivity index (χ2v) is 6.37. The van der Waals surface area contributed by atoms with Crippen LogP contribution in [-0.2, 0) is 13.0 Å². The second kappa shape index (κ2) is 7.87. The van der Waals surface area contributed by atoms with Gasteiger partial charge >= 0.3 is 0 Å². The minimum Gasteiger partial charge on any atom is -0.454 e. The predicted molar refractivity (Wildman–Crippen MR) is 103 cm³/mol. The van der Waals surface area contributed by atoms with E-state index in [0.29, 0.717) is 13.1 Å². The van der Waals surface area contributed by atoms with E-state index < -0.39 is 0 Å². The number of halogens is 1. The molecule has 0 saturated heterocycles. The Hall–Kier alpha value is -2.40. The molecule has 4 rings (SSSR count). The number of rotatable bonds is 4. The van der Waals surface area contributed by atoms with Crippen molar-refractivity contribution in [1.29, 1.82) is 0 Å². The highest BCUT2D eigenvalue weighted by Crippen LogP contribution is 2.33. The maximum Gasteiger partial charge on any atom is 0.254 e. The highest BCUT2D eigenvalue weighted by molar-refractivity contribution is 5.97. The molecule has 0 saturated carbocycles. The number of nitrogens with zero attached hydrogens (tertiary/aromatic N) is 1. The van der Waals surface area contributed by atoms with Crippen LogP contribution in [0.4, 0.5) is 5.69 Å². The standard InChI is InChI=1S/C20H22N2O3.ClH/c1-2-22(12-14-8-9-18-19(11-14)25-13-24-18)20(23)16-5-3-7-17-15(16)6-4-10-21-17;/h3,5,7-9,11,21H,2,4,6,10,12-13H2,1H3;1H. The van der Waals surface area contributed by atoms with Gasteiger partial charge in [0.25, 0.3) is 5.91 Å². The Morgan fingerprint density at radius 1 is 1.19 bits per heavy atom. The fourth-order valence-electron chi connectivity index (χ4n) is 3.47. The molecule has 26 heavy (non-hydrogen) atoms. The monoisotopic (exact) mass is 374 g/mol. The largest absolute Gasteiger partial charge is 0.454 e. The van der Waals surface area contributed by atoms with E-state index in [4.69, 9.17) is 9.47 Å². The van der Waals surface area contributed by atoms with Gasteiger partial charge in [-0.3, -0.25) is 4.79 Å². The number of ether oxygens (including phenoxy) is 2. The number of fused-ring (bicyclic) bond motifs is 2. The fourth-order valence-corrected chi connectivity index (χ4v) is 3.47. The van der Waals surface area contributed by atoms with Crippen molar-refractivity contribution in [3.63, 3.8) is 0 Å². The summed E-state index contributed by atoms with van der Waals surface area (Å²) >= 11 is 0. The van der Waals surface area contributed by atoms with Crippen LogP contribution in [-0.4, -0.2) is 30.7 Å². The van der Waals surface area contributed by atoms with Gasteiger partial charge in [-0.1, -0.05) is 12.1 Å². The SMILES string of the molecule is CCN(Cc1ccc2c(c1)OCO2)C(=O)c1cccc2c1CCCN2.Cl. The molecule has 1 amide bonds. The van der Waals surface area contributed by atoms with Crippen LogP contribution in [0.5, 0.6) is 11.5 Å². The molecular formula is C20H23ClN2O3. The van der Waals surface area contributed by atoms with E-state index in [1.165, 1.54) is 0 Å². The highest BCUT2D eigenvalue weighted by atomic mass is 35.5. The van der Waals surface area contributed by atoms with Crippen LogP contribution in [0.3, 0.4) is 0 Å². The first-order valence-electron chi connectivity index (χ1n) is 8.80. The van der Waals surface area contributed by atoms with Gasteiger partial charge in [-0.25, -0.2) is 0 Å². The third-order valence-corrected chi connectivity index (χ3v) is 4.80. The topological polar surface area (TPSA) is 50.8 Å². The smallest absolute Gasteiger partial charge is 0.254 e. The van der Waals surface area contributed by atoms with E-state index >= 15 is 0 Å². The average molecular weight is 375 g/mol. The van der Waals surface area contributed by atoms with Gasteiger partial charge in [-0.15, -0.1) is 12.4 Å². The van der Waals surface area contributed by atoms with E-state index in [1.807, 2.05) is 42.2 Å². The van der Waals surface area contributed by atoms with Crippen molar-refractivity contribution in [2.45, 2.75) is 26.3 Å². The lowest BCUT2D eigenvalue weighted by atomic mass is 9.96. The van der Waals surface area contributed by atoms with Crippen molar-refractivity contribution in [2.75, 3.05) is 25.2 Å². The molecule has 0 bridgehead atoms. The molecular weight excluding hydrogens is 352 g/mol. The first kappa shape index (κ1) is 18.4. The summed E-state index contributed by atoms with van der Waals surface area (Å²) in [5.74, 6) is 1.60. The van der Waals surface area contributed by atoms with Crippen molar-refractivity contribution >= 4 is 24.0 Å². The van der Waals surface area contributed by atoms with Crippen molar-refractivity contribution in [2.24, 2.45) is 0 Å². The van der Waals surface area contributed by atoms with Crippen molar-refractivity contribution in [1.82, 2.24) is 4.90 Å². The Balaban J connectivity index is 0.00000196. The lowest BCUT2D eigenvalue weighted by molar-refractivity contribution is 0.0751. The number of carbonyl (C=O) groups excluding carboxylic acids is 1. The fraction of sp³-hybridized carbons (Fsp3) is 0.350. The summed E-state index contributed by atoms with van der Waals surface area (Å²) in [4.78, 5) is 15.0. The summed E-state index contributed by atoms with van der Waals surface area (Å²) in [6.45, 7) is 4.46. The highest BCUT2D eigenvalue weighted by Gasteiger charge is 2.22. The summed E-state index contributed by atoms with van der Waals surface area (Å²) in [5.41, 5.74) is 4.09. The number of hydrogen-bond acceptors (Lipinski definition) is 4. The molecule has 0 atom stereocenters. The number of anilines is 1. The third kappa shape index (κ3) is 3.44. The normalized spacial score (nSPS) is 14.0. The molecule has 2 aromatic carbocycles. The number of carbonyl (C=O) groups is 1. The molecule has 5 nitrogen and oxygen atoms in total. The Morgan fingerprint density at radius 3 is 2.88 bits per heavy atom. The molecule has 138 valence electrons. The first-order chi connectivity index (χ1) is 12.3. The van der Waals surface area contributed by atoms with Gasteiger partial charge in [0.2, 0.25) is 6.79 Å². The quantitative estimate of drug-likeness (QED) is 0.882. The average Bonchev–Trinajstić information content (AvgIpc) is 3.13. The second-order valence-electron chi connectivity index (χ2n) is 6.37. The molecule has 2 aliphatic heterocycles. The molecule has 2 aliphatic rings. The Kier molecular flexibility index (Phi) is 5.57. The molecule has 0 unspecified atom stereocenters. The molecule has 0 aliphatic carbocycles. The summed E-state index contributed by atoms with van der Waals surface area (Å²) in [6.07, 6.45) is 2.01. The summed E-state index contributed by atoms with van der Waals surface area (Å²) in [5, 5.41) is 3.39. The van der Waals surface area contributed by atoms with Crippen LogP contribution in [0.15, 0.2) is 36.4 Å². The van der Waals surface area contributed by atoms with Gasteiger partial charge in [0.15, 0.2) is 11.5 Å². The third-order valence-electron chi connectivity index (χ3n) is 4.80. The predicted octanol–water partition coefficient (Wildman–Crippen LogP) is 3.86. The van der Waals surface area contributed by atoms with Crippen molar-refractivity contribution in [3.8, 4) is 11.5 Å². The number of amides is 1. The van der Waals surface area contributed by atoms with E-state index in [9.17, 15) is 4.79 Å². The molecule has 0 spiro atoms. The van der Waals surface area contributed by atoms with Crippen molar-refractivity contribution in [3.05, 3.63) is 53.1 Å². The zero-order valence-electron chi connectivity index (χ0n) is 14.8. The Labute approximate surface area is 159 Å². The zero-order chi connectivity index (χ0) is 17.2. The van der Waals surface area contributed by atoms with Gasteiger partial charge in [-0.05, 0) is 55.2 Å². The van der Waals surface area contributed by atoms with Gasteiger partial charge < -0.3 is 19.7 Å². The molecule has 0 fully saturated rings. The van der Waals surface area contributed by atoms with Gasteiger partial charge in [0, 0.05) is 30.9 Å². The van der Waals surface area contributed by atoms with E-state index in [1.54, 1.807) is 0 Å². The lowest BCUT2D eigenvalue weighted by Crippen LogP contribution is -2.31. The van der Waals surface area contributed by atoms with Crippen LogP contribution in [0.1, 0.15) is 34.8 Å². The molecule has 6 heteroatoms. The van der Waals surface area contributed by atoms with Crippen LogP contribution in [0.2, 0.25) is 0 Å². The minimum atomic E-state index is 0. The van der Waals surface area contributed by atoms with Gasteiger partial charge in [0.05, 0.1) is 0 Å². The Morgan fingerprint density at radius 2 is 2.04 bits per heavy atom. The van der Waals surface area contributed by atoms with E-state index in [2.05, 4.69) is 11.4 Å². The van der Waals surface area contributed by atoms with Crippen LogP contribution in [0, 0.1) is 0 Å². The minimum absolute atomic E-state index is 0.